The van der Waals surface area contributed by atoms with E-state index >= 15 is 0 Å². The average molecular weight is 287 g/mol. The largest absolute Gasteiger partial charge is 0.383 e. The highest BCUT2D eigenvalue weighted by atomic mass is 19.1. The first-order chi connectivity index (χ1) is 10.1. The van der Waals surface area contributed by atoms with Crippen LogP contribution in [0, 0.1) is 12.7 Å². The quantitative estimate of drug-likeness (QED) is 0.893. The van der Waals surface area contributed by atoms with Gasteiger partial charge in [-0.25, -0.2) is 9.37 Å². The zero-order chi connectivity index (χ0) is 15.0. The number of halogens is 1. The second-order valence-electron chi connectivity index (χ2n) is 5.94. The molecule has 1 saturated carbocycles. The number of imidazole rings is 1. The first-order valence-electron chi connectivity index (χ1n) is 7.74. The summed E-state index contributed by atoms with van der Waals surface area (Å²) < 4.78 is 15.5. The Kier molecular flexibility index (Phi) is 3.70. The molecular weight excluding hydrogens is 265 g/mol. The molecule has 1 heterocycles. The molecule has 4 heteroatoms. The molecule has 2 N–H and O–H groups in total. The lowest BCUT2D eigenvalue weighted by Gasteiger charge is -2.09. The van der Waals surface area contributed by atoms with Crippen molar-refractivity contribution in [2.45, 2.75) is 52.0 Å². The van der Waals surface area contributed by atoms with Gasteiger partial charge >= 0.3 is 0 Å². The summed E-state index contributed by atoms with van der Waals surface area (Å²) in [4.78, 5) is 4.80. The van der Waals surface area contributed by atoms with Crippen molar-refractivity contribution >= 4 is 5.82 Å². The molecule has 112 valence electrons. The smallest absolute Gasteiger partial charge is 0.131 e. The van der Waals surface area contributed by atoms with Crippen LogP contribution in [0.1, 0.15) is 49.9 Å². The van der Waals surface area contributed by atoms with Gasteiger partial charge in [0.15, 0.2) is 0 Å². The van der Waals surface area contributed by atoms with Crippen LogP contribution in [0.25, 0.3) is 11.3 Å². The molecule has 21 heavy (non-hydrogen) atoms. The molecule has 0 spiro atoms. The molecular formula is C17H22FN3. The van der Waals surface area contributed by atoms with Crippen LogP contribution >= 0.6 is 0 Å². The van der Waals surface area contributed by atoms with Crippen molar-refractivity contribution in [2.75, 3.05) is 5.73 Å². The Morgan fingerprint density at radius 3 is 2.76 bits per heavy atom. The molecule has 0 aliphatic heterocycles. The van der Waals surface area contributed by atoms with Crippen LogP contribution in [0.2, 0.25) is 0 Å². The molecule has 3 rings (SSSR count). The number of hydrogen-bond acceptors (Lipinski definition) is 2. The first kappa shape index (κ1) is 14.1. The number of rotatable bonds is 5. The Morgan fingerprint density at radius 2 is 2.14 bits per heavy atom. The predicted octanol–water partition coefficient (Wildman–Crippen LogP) is 4.26. The van der Waals surface area contributed by atoms with Crippen LogP contribution in [0.15, 0.2) is 18.2 Å². The molecule has 0 atom stereocenters. The number of benzene rings is 1. The zero-order valence-corrected chi connectivity index (χ0v) is 12.7. The zero-order valence-electron chi connectivity index (χ0n) is 12.7. The van der Waals surface area contributed by atoms with E-state index in [0.29, 0.717) is 5.92 Å². The molecule has 1 aliphatic carbocycles. The lowest BCUT2D eigenvalue weighted by molar-refractivity contribution is 0.609. The predicted molar refractivity (Wildman–Crippen MR) is 83.7 cm³/mol. The number of anilines is 1. The molecule has 3 nitrogen and oxygen atoms in total. The van der Waals surface area contributed by atoms with Crippen molar-refractivity contribution in [1.82, 2.24) is 9.55 Å². The highest BCUT2D eigenvalue weighted by molar-refractivity contribution is 5.73. The van der Waals surface area contributed by atoms with Crippen LogP contribution in [0.3, 0.4) is 0 Å². The Balaban J connectivity index is 2.06. The normalized spacial score (nSPS) is 14.6. The van der Waals surface area contributed by atoms with Gasteiger partial charge in [-0.3, -0.25) is 0 Å². The van der Waals surface area contributed by atoms with Crippen LogP contribution in [-0.2, 0) is 6.54 Å². The van der Waals surface area contributed by atoms with E-state index in [0.717, 1.165) is 47.8 Å². The van der Waals surface area contributed by atoms with E-state index in [1.54, 1.807) is 6.07 Å². The lowest BCUT2D eigenvalue weighted by Crippen LogP contribution is -2.06. The molecule has 1 aromatic heterocycles. The first-order valence-corrected chi connectivity index (χ1v) is 7.74. The molecule has 1 aromatic carbocycles. The van der Waals surface area contributed by atoms with Crippen LogP contribution in [0.4, 0.5) is 10.2 Å². The van der Waals surface area contributed by atoms with Gasteiger partial charge in [0.25, 0.3) is 0 Å². The lowest BCUT2D eigenvalue weighted by atomic mass is 10.1. The van der Waals surface area contributed by atoms with E-state index in [2.05, 4.69) is 11.5 Å². The summed E-state index contributed by atoms with van der Waals surface area (Å²) in [6.07, 6.45) is 4.63. The van der Waals surface area contributed by atoms with Crippen molar-refractivity contribution in [2.24, 2.45) is 0 Å². The maximum Gasteiger partial charge on any atom is 0.131 e. The van der Waals surface area contributed by atoms with Gasteiger partial charge < -0.3 is 10.3 Å². The van der Waals surface area contributed by atoms with Crippen molar-refractivity contribution in [1.29, 1.82) is 0 Å². The standard InChI is InChI=1S/C17H22FN3/c1-3-4-9-21-16(19)15(20-17(21)12-5-6-12)14-8-7-13(18)10-11(14)2/h7-8,10,12H,3-6,9,19H2,1-2H3. The Morgan fingerprint density at radius 1 is 1.38 bits per heavy atom. The van der Waals surface area contributed by atoms with Gasteiger partial charge in [-0.15, -0.1) is 0 Å². The minimum atomic E-state index is -0.220. The van der Waals surface area contributed by atoms with Gasteiger partial charge in [0.05, 0.1) is 0 Å². The number of aryl methyl sites for hydroxylation is 1. The van der Waals surface area contributed by atoms with Gasteiger partial charge in [0, 0.05) is 18.0 Å². The van der Waals surface area contributed by atoms with Crippen LogP contribution < -0.4 is 5.73 Å². The minimum Gasteiger partial charge on any atom is -0.383 e. The summed E-state index contributed by atoms with van der Waals surface area (Å²) in [5.41, 5.74) is 8.98. The summed E-state index contributed by atoms with van der Waals surface area (Å²) in [7, 11) is 0. The fraction of sp³-hybridized carbons (Fsp3) is 0.471. The number of unbranched alkanes of at least 4 members (excludes halogenated alkanes) is 1. The molecule has 1 aliphatic rings. The monoisotopic (exact) mass is 287 g/mol. The van der Waals surface area contributed by atoms with Crippen molar-refractivity contribution in [3.05, 3.63) is 35.4 Å². The molecule has 2 aromatic rings. The van der Waals surface area contributed by atoms with Gasteiger partial charge in [-0.2, -0.15) is 0 Å². The van der Waals surface area contributed by atoms with E-state index in [4.69, 9.17) is 10.7 Å². The van der Waals surface area contributed by atoms with Gasteiger partial charge in [0.2, 0.25) is 0 Å². The third-order valence-corrected chi connectivity index (χ3v) is 4.16. The second-order valence-corrected chi connectivity index (χ2v) is 5.94. The molecule has 0 bridgehead atoms. The van der Waals surface area contributed by atoms with Gasteiger partial charge in [-0.05, 0) is 49.9 Å². The maximum atomic E-state index is 13.3. The van der Waals surface area contributed by atoms with Crippen molar-refractivity contribution in [3.8, 4) is 11.3 Å². The maximum absolute atomic E-state index is 13.3. The molecule has 0 radical (unpaired) electrons. The third kappa shape index (κ3) is 2.67. The van der Waals surface area contributed by atoms with Crippen molar-refractivity contribution in [3.63, 3.8) is 0 Å². The molecule has 0 saturated heterocycles. The fourth-order valence-corrected chi connectivity index (χ4v) is 2.78. The summed E-state index contributed by atoms with van der Waals surface area (Å²) in [5, 5.41) is 0. The van der Waals surface area contributed by atoms with E-state index in [1.807, 2.05) is 6.92 Å². The van der Waals surface area contributed by atoms with E-state index in [1.165, 1.54) is 25.0 Å². The van der Waals surface area contributed by atoms with Gasteiger partial charge in [-0.1, -0.05) is 13.3 Å². The SMILES string of the molecule is CCCCn1c(C2CC2)nc(-c2ccc(F)cc2C)c1N. The van der Waals surface area contributed by atoms with Crippen LogP contribution in [0.5, 0.6) is 0 Å². The highest BCUT2D eigenvalue weighted by Crippen LogP contribution is 2.42. The number of aromatic nitrogens is 2. The minimum absolute atomic E-state index is 0.220. The van der Waals surface area contributed by atoms with E-state index in [9.17, 15) is 4.39 Å². The number of nitrogen functional groups attached to an aromatic ring is 1. The summed E-state index contributed by atoms with van der Waals surface area (Å²) in [6, 6.07) is 4.80. The molecule has 1 fully saturated rings. The highest BCUT2D eigenvalue weighted by Gasteiger charge is 2.31. The average Bonchev–Trinajstić information content (AvgIpc) is 3.23. The second kappa shape index (κ2) is 5.51. The van der Waals surface area contributed by atoms with E-state index < -0.39 is 0 Å². The third-order valence-electron chi connectivity index (χ3n) is 4.16. The molecule has 0 amide bonds. The number of hydrogen-bond donors (Lipinski definition) is 1. The Labute approximate surface area is 125 Å². The van der Waals surface area contributed by atoms with Gasteiger partial charge in [0.1, 0.15) is 23.2 Å². The molecule has 0 unspecified atom stereocenters. The summed E-state index contributed by atoms with van der Waals surface area (Å²) >= 11 is 0. The topological polar surface area (TPSA) is 43.8 Å². The summed E-state index contributed by atoms with van der Waals surface area (Å²) in [5.74, 6) is 2.17. The fourth-order valence-electron chi connectivity index (χ4n) is 2.78. The number of nitrogens with zero attached hydrogens (tertiary/aromatic N) is 2. The Hall–Kier alpha value is -1.84. The van der Waals surface area contributed by atoms with Crippen LogP contribution in [-0.4, -0.2) is 9.55 Å². The summed E-state index contributed by atoms with van der Waals surface area (Å²) in [6.45, 7) is 5.00. The Bertz CT molecular complexity index is 656. The number of nitrogens with two attached hydrogens (primary N) is 1. The van der Waals surface area contributed by atoms with Crippen molar-refractivity contribution < 1.29 is 4.39 Å². The van der Waals surface area contributed by atoms with E-state index in [-0.39, 0.29) is 5.82 Å².